The van der Waals surface area contributed by atoms with Crippen LogP contribution in [0.15, 0.2) is 97.2 Å². The van der Waals surface area contributed by atoms with Gasteiger partial charge in [0.05, 0.1) is 0 Å². The Hall–Kier alpha value is -3.67. The fourth-order valence-corrected chi connectivity index (χ4v) is 7.15. The van der Waals surface area contributed by atoms with Gasteiger partial charge in [0.25, 0.3) is 0 Å². The molecule has 0 rings (SSSR count). The molecule has 0 aromatic carbocycles. The molecule has 6 heteroatoms. The summed E-state index contributed by atoms with van der Waals surface area (Å²) in [6, 6.07) is 0. The first-order chi connectivity index (χ1) is 32.0. The average molecular weight is 903 g/mol. The molecule has 0 fully saturated rings. The van der Waals surface area contributed by atoms with E-state index in [-0.39, 0.29) is 31.6 Å². The van der Waals surface area contributed by atoms with E-state index in [0.29, 0.717) is 19.3 Å². The number of carbonyl (C=O) groups excluding carboxylic acids is 3. The summed E-state index contributed by atoms with van der Waals surface area (Å²) in [5, 5.41) is 0. The van der Waals surface area contributed by atoms with E-state index < -0.39 is 12.1 Å². The molecular formula is C59H98O6. The molecule has 0 N–H and O–H groups in total. The van der Waals surface area contributed by atoms with Gasteiger partial charge >= 0.3 is 17.9 Å². The normalized spacial score (nSPS) is 12.8. The molecule has 0 aromatic heterocycles. The van der Waals surface area contributed by atoms with Gasteiger partial charge in [0.1, 0.15) is 13.2 Å². The summed E-state index contributed by atoms with van der Waals surface area (Å²) >= 11 is 0. The predicted octanol–water partition coefficient (Wildman–Crippen LogP) is 17.8. The van der Waals surface area contributed by atoms with Gasteiger partial charge in [-0.25, -0.2) is 0 Å². The number of hydrogen-bond acceptors (Lipinski definition) is 6. The lowest BCUT2D eigenvalue weighted by Crippen LogP contribution is -2.30. The summed E-state index contributed by atoms with van der Waals surface area (Å²) in [4.78, 5) is 37.9. The van der Waals surface area contributed by atoms with Crippen molar-refractivity contribution in [2.45, 2.75) is 245 Å². The fraction of sp³-hybridized carbons (Fsp3) is 0.678. The van der Waals surface area contributed by atoms with Crippen LogP contribution in [0.3, 0.4) is 0 Å². The Morgan fingerprint density at radius 3 is 1.00 bits per heavy atom. The highest BCUT2D eigenvalue weighted by Gasteiger charge is 2.19. The molecule has 1 atom stereocenters. The van der Waals surface area contributed by atoms with Gasteiger partial charge in [-0.05, 0) is 83.5 Å². The highest BCUT2D eigenvalue weighted by atomic mass is 16.6. The van der Waals surface area contributed by atoms with Crippen molar-refractivity contribution in [1.29, 1.82) is 0 Å². The van der Waals surface area contributed by atoms with E-state index >= 15 is 0 Å². The molecule has 1 unspecified atom stereocenters. The van der Waals surface area contributed by atoms with E-state index in [2.05, 4.69) is 106 Å². The van der Waals surface area contributed by atoms with Crippen molar-refractivity contribution in [1.82, 2.24) is 0 Å². The quantitative estimate of drug-likeness (QED) is 0.0262. The van der Waals surface area contributed by atoms with Crippen LogP contribution in [-0.4, -0.2) is 37.2 Å². The van der Waals surface area contributed by atoms with Gasteiger partial charge < -0.3 is 14.2 Å². The molecule has 0 aliphatic rings. The maximum Gasteiger partial charge on any atom is 0.306 e. The number of carbonyl (C=O) groups is 3. The molecule has 0 radical (unpaired) electrons. The van der Waals surface area contributed by atoms with Gasteiger partial charge in [-0.1, -0.05) is 234 Å². The van der Waals surface area contributed by atoms with Crippen molar-refractivity contribution in [3.63, 3.8) is 0 Å². The van der Waals surface area contributed by atoms with Gasteiger partial charge in [0.2, 0.25) is 0 Å². The first kappa shape index (κ1) is 61.3. The van der Waals surface area contributed by atoms with E-state index in [1.54, 1.807) is 0 Å². The van der Waals surface area contributed by atoms with E-state index in [1.165, 1.54) is 103 Å². The van der Waals surface area contributed by atoms with Crippen molar-refractivity contribution in [2.24, 2.45) is 0 Å². The Bertz CT molecular complexity index is 1310. The lowest BCUT2D eigenvalue weighted by molar-refractivity contribution is -0.166. The number of unbranched alkanes of at least 4 members (excludes halogenated alkanes) is 20. The Labute approximate surface area is 400 Å². The standard InChI is InChI=1S/C59H98O6/c1-4-7-10-13-16-19-22-24-25-26-27-28-29-30-31-32-33-35-37-40-43-46-49-52-58(61)64-55-56(54-63-57(60)51-48-45-42-39-36-21-18-15-12-9-6-3)65-59(62)53-50-47-44-41-38-34-23-20-17-14-11-8-5-2/h7-8,10-11,16-17,19-20,24-25,27-28,34,38,44,47,56H,4-6,9,12-15,18,21-23,26,29-33,35-37,39-43,45-46,48-55H2,1-3H3/b10-7-,11-8-,19-16-,20-17-,25-24-,28-27-,38-34-,47-44-. The summed E-state index contributed by atoms with van der Waals surface area (Å²) in [7, 11) is 0. The minimum absolute atomic E-state index is 0.106. The zero-order valence-electron chi connectivity index (χ0n) is 42.2. The topological polar surface area (TPSA) is 78.9 Å². The zero-order valence-corrected chi connectivity index (χ0v) is 42.2. The molecule has 0 saturated carbocycles. The van der Waals surface area contributed by atoms with Crippen LogP contribution in [0.25, 0.3) is 0 Å². The molecular weight excluding hydrogens is 805 g/mol. The monoisotopic (exact) mass is 903 g/mol. The van der Waals surface area contributed by atoms with Crippen LogP contribution in [0, 0.1) is 0 Å². The van der Waals surface area contributed by atoms with E-state index in [1.807, 2.05) is 12.2 Å². The molecule has 0 bridgehead atoms. The zero-order chi connectivity index (χ0) is 47.2. The number of ether oxygens (including phenoxy) is 3. The second-order valence-corrected chi connectivity index (χ2v) is 17.4. The Morgan fingerprint density at radius 2 is 0.631 bits per heavy atom. The number of allylic oxidation sites excluding steroid dienone is 16. The number of rotatable bonds is 47. The van der Waals surface area contributed by atoms with Crippen LogP contribution in [0.2, 0.25) is 0 Å². The van der Waals surface area contributed by atoms with Crippen LogP contribution in [0.4, 0.5) is 0 Å². The summed E-state index contributed by atoms with van der Waals surface area (Å²) in [6.07, 6.45) is 69.9. The lowest BCUT2D eigenvalue weighted by atomic mass is 10.1. The summed E-state index contributed by atoms with van der Waals surface area (Å²) in [5.74, 6) is -0.994. The Balaban J connectivity index is 4.35. The average Bonchev–Trinajstić information content (AvgIpc) is 3.30. The van der Waals surface area contributed by atoms with Crippen LogP contribution in [-0.2, 0) is 28.6 Å². The SMILES string of the molecule is CC/C=C\C/C=C\C/C=C\C/C=C\CCCCCCCCCCCCC(=O)OCC(COC(=O)CCCCCCCCCCCCC)OC(=O)CC/C=C\C/C=C\C/C=C\C/C=C\CC. The molecule has 0 aliphatic heterocycles. The van der Waals surface area contributed by atoms with Crippen molar-refractivity contribution in [3.8, 4) is 0 Å². The highest BCUT2D eigenvalue weighted by Crippen LogP contribution is 2.15. The summed E-state index contributed by atoms with van der Waals surface area (Å²) in [5.41, 5.74) is 0. The van der Waals surface area contributed by atoms with Gasteiger partial charge in [-0.3, -0.25) is 14.4 Å². The molecule has 370 valence electrons. The molecule has 0 aliphatic carbocycles. The van der Waals surface area contributed by atoms with Gasteiger partial charge in [-0.2, -0.15) is 0 Å². The minimum Gasteiger partial charge on any atom is -0.462 e. The van der Waals surface area contributed by atoms with Gasteiger partial charge in [0, 0.05) is 19.3 Å². The van der Waals surface area contributed by atoms with Crippen LogP contribution >= 0.6 is 0 Å². The number of hydrogen-bond donors (Lipinski definition) is 0. The largest absolute Gasteiger partial charge is 0.462 e. The van der Waals surface area contributed by atoms with E-state index in [0.717, 1.165) is 89.9 Å². The maximum absolute atomic E-state index is 12.7. The molecule has 6 nitrogen and oxygen atoms in total. The van der Waals surface area contributed by atoms with Crippen LogP contribution in [0.1, 0.15) is 239 Å². The first-order valence-electron chi connectivity index (χ1n) is 26.7. The molecule has 0 saturated heterocycles. The molecule has 0 heterocycles. The van der Waals surface area contributed by atoms with Crippen LogP contribution < -0.4 is 0 Å². The fourth-order valence-electron chi connectivity index (χ4n) is 7.15. The second kappa shape index (κ2) is 52.9. The third kappa shape index (κ3) is 51.2. The molecule has 0 spiro atoms. The van der Waals surface area contributed by atoms with Crippen molar-refractivity contribution in [3.05, 3.63) is 97.2 Å². The third-order valence-electron chi connectivity index (χ3n) is 11.1. The number of esters is 3. The Morgan fingerprint density at radius 1 is 0.323 bits per heavy atom. The van der Waals surface area contributed by atoms with Gasteiger partial charge in [0.15, 0.2) is 6.10 Å². The van der Waals surface area contributed by atoms with Gasteiger partial charge in [-0.15, -0.1) is 0 Å². The van der Waals surface area contributed by atoms with E-state index in [4.69, 9.17) is 14.2 Å². The Kier molecular flexibility index (Phi) is 50.0. The molecule has 0 amide bonds. The minimum atomic E-state index is -0.815. The molecule has 0 aromatic rings. The van der Waals surface area contributed by atoms with Crippen LogP contribution in [0.5, 0.6) is 0 Å². The van der Waals surface area contributed by atoms with Crippen molar-refractivity contribution >= 4 is 17.9 Å². The smallest absolute Gasteiger partial charge is 0.306 e. The highest BCUT2D eigenvalue weighted by molar-refractivity contribution is 5.71. The maximum atomic E-state index is 12.7. The third-order valence-corrected chi connectivity index (χ3v) is 11.1. The van der Waals surface area contributed by atoms with E-state index in [9.17, 15) is 14.4 Å². The molecule has 65 heavy (non-hydrogen) atoms. The summed E-state index contributed by atoms with van der Waals surface area (Å²) in [6.45, 7) is 6.33. The van der Waals surface area contributed by atoms with Crippen molar-refractivity contribution in [2.75, 3.05) is 13.2 Å². The second-order valence-electron chi connectivity index (χ2n) is 17.4. The first-order valence-corrected chi connectivity index (χ1v) is 26.7. The predicted molar refractivity (Wildman–Crippen MR) is 279 cm³/mol. The van der Waals surface area contributed by atoms with Crippen molar-refractivity contribution < 1.29 is 28.6 Å². The lowest BCUT2D eigenvalue weighted by Gasteiger charge is -2.18. The summed E-state index contributed by atoms with van der Waals surface area (Å²) < 4.78 is 16.7.